The van der Waals surface area contributed by atoms with Crippen molar-refractivity contribution in [1.82, 2.24) is 19.4 Å². The molecule has 7 nitrogen and oxygen atoms in total. The molecule has 0 aromatic carbocycles. The Kier molecular flexibility index (Phi) is 3.87. The van der Waals surface area contributed by atoms with Gasteiger partial charge in [0.2, 0.25) is 0 Å². The molecule has 0 radical (unpaired) electrons. The molecular formula is C13H18N6OS. The van der Waals surface area contributed by atoms with Crippen LogP contribution in [0.2, 0.25) is 0 Å². The fourth-order valence-electron chi connectivity index (χ4n) is 2.45. The average Bonchev–Trinajstić information content (AvgIpc) is 2.87. The summed E-state index contributed by atoms with van der Waals surface area (Å²) >= 11 is 1.12. The minimum absolute atomic E-state index is 0.140. The summed E-state index contributed by atoms with van der Waals surface area (Å²) in [6.45, 7) is 4.49. The molecule has 112 valence electrons. The van der Waals surface area contributed by atoms with Crippen LogP contribution < -0.4 is 16.2 Å². The van der Waals surface area contributed by atoms with Crippen molar-refractivity contribution >= 4 is 22.2 Å². The number of anilines is 2. The summed E-state index contributed by atoms with van der Waals surface area (Å²) in [7, 11) is 0. The van der Waals surface area contributed by atoms with E-state index in [0.717, 1.165) is 49.1 Å². The Labute approximate surface area is 126 Å². The normalized spacial score (nSPS) is 16.3. The van der Waals surface area contributed by atoms with Crippen LogP contribution in [0, 0.1) is 5.92 Å². The number of nitrogens with zero attached hydrogens (tertiary/aromatic N) is 5. The van der Waals surface area contributed by atoms with Crippen molar-refractivity contribution in [3.8, 4) is 0 Å². The summed E-state index contributed by atoms with van der Waals surface area (Å²) in [4.78, 5) is 14.4. The molecule has 0 bridgehead atoms. The highest BCUT2D eigenvalue weighted by Gasteiger charge is 2.17. The molecule has 21 heavy (non-hydrogen) atoms. The minimum atomic E-state index is -0.140. The van der Waals surface area contributed by atoms with E-state index in [0.29, 0.717) is 10.7 Å². The van der Waals surface area contributed by atoms with E-state index in [4.69, 9.17) is 5.73 Å². The maximum Gasteiger partial charge on any atom is 0.269 e. The zero-order chi connectivity index (χ0) is 14.8. The fourth-order valence-corrected chi connectivity index (χ4v) is 2.89. The van der Waals surface area contributed by atoms with Gasteiger partial charge in [0.25, 0.3) is 5.56 Å². The summed E-state index contributed by atoms with van der Waals surface area (Å²) in [5.74, 6) is 0.759. The van der Waals surface area contributed by atoms with Gasteiger partial charge in [0.1, 0.15) is 10.7 Å². The first-order valence-corrected chi connectivity index (χ1v) is 7.79. The van der Waals surface area contributed by atoms with E-state index in [1.165, 1.54) is 4.68 Å². The second-order valence-corrected chi connectivity index (χ2v) is 6.25. The molecule has 2 aromatic rings. The second kappa shape index (κ2) is 5.80. The number of nitrogen functional groups attached to an aromatic ring is 1. The molecule has 0 atom stereocenters. The Balaban J connectivity index is 1.77. The molecule has 0 amide bonds. The van der Waals surface area contributed by atoms with E-state index in [2.05, 4.69) is 26.5 Å². The van der Waals surface area contributed by atoms with E-state index >= 15 is 0 Å². The molecule has 2 N–H and O–H groups in total. The molecule has 0 unspecified atom stereocenters. The van der Waals surface area contributed by atoms with E-state index in [9.17, 15) is 4.79 Å². The lowest BCUT2D eigenvalue weighted by Gasteiger charge is -2.31. The topological polar surface area (TPSA) is 89.9 Å². The van der Waals surface area contributed by atoms with Gasteiger partial charge in [0.05, 0.1) is 18.4 Å². The predicted molar refractivity (Wildman–Crippen MR) is 82.5 cm³/mol. The molecule has 1 aliphatic rings. The van der Waals surface area contributed by atoms with Crippen LogP contribution in [0.4, 0.5) is 10.7 Å². The summed E-state index contributed by atoms with van der Waals surface area (Å²) in [5, 5.41) is 8.66. The lowest BCUT2D eigenvalue weighted by molar-refractivity contribution is 0.437. The number of nitrogens with two attached hydrogens (primary N) is 1. The van der Waals surface area contributed by atoms with Crippen molar-refractivity contribution in [2.75, 3.05) is 23.7 Å². The number of rotatable bonds is 3. The van der Waals surface area contributed by atoms with Crippen LogP contribution in [0.25, 0.3) is 0 Å². The van der Waals surface area contributed by atoms with E-state index in [1.54, 1.807) is 12.3 Å². The lowest BCUT2D eigenvalue weighted by Crippen LogP contribution is -2.34. The van der Waals surface area contributed by atoms with Gasteiger partial charge in [0, 0.05) is 30.7 Å². The molecular weight excluding hydrogens is 288 g/mol. The SMILES string of the molecule is CC1CCN(c2cnn(Cc3nnsc3N)c(=O)c2)CC1. The van der Waals surface area contributed by atoms with E-state index in [1.807, 2.05) is 0 Å². The van der Waals surface area contributed by atoms with Crippen molar-refractivity contribution in [3.05, 3.63) is 28.3 Å². The second-order valence-electron chi connectivity index (χ2n) is 5.46. The van der Waals surface area contributed by atoms with Crippen LogP contribution in [0.3, 0.4) is 0 Å². The molecule has 3 heterocycles. The van der Waals surface area contributed by atoms with Crippen LogP contribution in [-0.2, 0) is 6.54 Å². The fraction of sp³-hybridized carbons (Fsp3) is 0.538. The van der Waals surface area contributed by atoms with Crippen LogP contribution in [0.5, 0.6) is 0 Å². The number of hydrogen-bond acceptors (Lipinski definition) is 7. The number of hydrogen-bond donors (Lipinski definition) is 1. The summed E-state index contributed by atoms with van der Waals surface area (Å²) in [6.07, 6.45) is 4.06. The van der Waals surface area contributed by atoms with Gasteiger partial charge in [-0.05, 0) is 18.8 Å². The smallest absolute Gasteiger partial charge is 0.269 e. The Bertz CT molecular complexity index is 673. The van der Waals surface area contributed by atoms with Crippen LogP contribution in [0.15, 0.2) is 17.1 Å². The van der Waals surface area contributed by atoms with Gasteiger partial charge in [-0.1, -0.05) is 11.4 Å². The van der Waals surface area contributed by atoms with Gasteiger partial charge in [0.15, 0.2) is 0 Å². The summed E-state index contributed by atoms with van der Waals surface area (Å²) < 4.78 is 5.13. The third-order valence-electron chi connectivity index (χ3n) is 3.89. The Morgan fingerprint density at radius 1 is 1.43 bits per heavy atom. The molecule has 0 aliphatic carbocycles. The number of piperidine rings is 1. The lowest BCUT2D eigenvalue weighted by atomic mass is 9.99. The quantitative estimate of drug-likeness (QED) is 0.908. The first-order chi connectivity index (χ1) is 10.1. The van der Waals surface area contributed by atoms with Gasteiger partial charge in [-0.3, -0.25) is 4.79 Å². The van der Waals surface area contributed by atoms with Gasteiger partial charge < -0.3 is 10.6 Å². The molecule has 3 rings (SSSR count). The van der Waals surface area contributed by atoms with Crippen molar-refractivity contribution in [2.24, 2.45) is 5.92 Å². The molecule has 0 saturated carbocycles. The van der Waals surface area contributed by atoms with Crippen LogP contribution in [-0.4, -0.2) is 32.5 Å². The highest BCUT2D eigenvalue weighted by atomic mass is 32.1. The van der Waals surface area contributed by atoms with Gasteiger partial charge in [-0.15, -0.1) is 5.10 Å². The van der Waals surface area contributed by atoms with Crippen LogP contribution in [0.1, 0.15) is 25.5 Å². The zero-order valence-electron chi connectivity index (χ0n) is 11.9. The highest BCUT2D eigenvalue weighted by Crippen LogP contribution is 2.21. The van der Waals surface area contributed by atoms with Gasteiger partial charge >= 0.3 is 0 Å². The first kappa shape index (κ1) is 14.0. The Hall–Kier alpha value is -1.96. The number of aromatic nitrogens is 4. The minimum Gasteiger partial charge on any atom is -0.388 e. The van der Waals surface area contributed by atoms with Gasteiger partial charge in [-0.2, -0.15) is 5.10 Å². The van der Waals surface area contributed by atoms with Crippen molar-refractivity contribution < 1.29 is 0 Å². The third-order valence-corrected chi connectivity index (χ3v) is 4.48. The van der Waals surface area contributed by atoms with Crippen molar-refractivity contribution in [2.45, 2.75) is 26.3 Å². The van der Waals surface area contributed by atoms with E-state index < -0.39 is 0 Å². The maximum absolute atomic E-state index is 12.2. The molecule has 2 aromatic heterocycles. The zero-order valence-corrected chi connectivity index (χ0v) is 12.7. The molecule has 1 saturated heterocycles. The molecule has 0 spiro atoms. The highest BCUT2D eigenvalue weighted by molar-refractivity contribution is 7.09. The predicted octanol–water partition coefficient (Wildman–Crippen LogP) is 0.962. The summed E-state index contributed by atoms with van der Waals surface area (Å²) in [6, 6.07) is 1.64. The molecule has 1 aliphatic heterocycles. The largest absolute Gasteiger partial charge is 0.388 e. The Morgan fingerprint density at radius 3 is 2.81 bits per heavy atom. The third kappa shape index (κ3) is 3.05. The van der Waals surface area contributed by atoms with Crippen molar-refractivity contribution in [1.29, 1.82) is 0 Å². The molecule has 1 fully saturated rings. The summed E-state index contributed by atoms with van der Waals surface area (Å²) in [5.41, 5.74) is 7.09. The van der Waals surface area contributed by atoms with Crippen molar-refractivity contribution in [3.63, 3.8) is 0 Å². The molecule has 8 heteroatoms. The van der Waals surface area contributed by atoms with Crippen LogP contribution >= 0.6 is 11.5 Å². The average molecular weight is 306 g/mol. The first-order valence-electron chi connectivity index (χ1n) is 7.02. The van der Waals surface area contributed by atoms with Gasteiger partial charge in [-0.25, -0.2) is 4.68 Å². The maximum atomic E-state index is 12.2. The standard InChI is InChI=1S/C13H18N6OS/c1-9-2-4-18(5-3-9)10-6-12(20)19(15-7-10)8-11-13(14)21-17-16-11/h6-7,9H,2-5,8,14H2,1H3. The van der Waals surface area contributed by atoms with E-state index in [-0.39, 0.29) is 12.1 Å². The Morgan fingerprint density at radius 2 is 2.19 bits per heavy atom. The monoisotopic (exact) mass is 306 g/mol.